The summed E-state index contributed by atoms with van der Waals surface area (Å²) in [5.41, 5.74) is 3.09. The number of amides is 1. The van der Waals surface area contributed by atoms with Crippen LogP contribution in [0.2, 0.25) is 5.02 Å². The van der Waals surface area contributed by atoms with Crippen LogP contribution in [-0.4, -0.2) is 41.7 Å². The number of methoxy groups -OCH3 is 3. The summed E-state index contributed by atoms with van der Waals surface area (Å²) in [7, 11) is 4.63. The number of carbonyl (C=O) groups excluding carboxylic acids is 1. The normalized spacial score (nSPS) is 11.7. The van der Waals surface area contributed by atoms with Crippen molar-refractivity contribution in [2.75, 3.05) is 21.3 Å². The van der Waals surface area contributed by atoms with E-state index in [9.17, 15) is 14.9 Å². The molecule has 0 aliphatic heterocycles. The Hall–Kier alpha value is -4.31. The Morgan fingerprint density at radius 1 is 1.05 bits per heavy atom. The number of hydrogen-bond donors (Lipinski definition) is 0. The minimum absolute atomic E-state index is 0.0323. The zero-order valence-electron chi connectivity index (χ0n) is 23.4. The summed E-state index contributed by atoms with van der Waals surface area (Å²) in [4.78, 5) is 28.4. The molecule has 4 aromatic rings. The minimum Gasteiger partial charge on any atom is -0.496 e. The summed E-state index contributed by atoms with van der Waals surface area (Å²) in [6.45, 7) is 2.42. The van der Waals surface area contributed by atoms with Gasteiger partial charge in [0.25, 0.3) is 5.69 Å². The van der Waals surface area contributed by atoms with Crippen molar-refractivity contribution in [3.05, 3.63) is 86.7 Å². The summed E-state index contributed by atoms with van der Waals surface area (Å²) in [5, 5.41) is 16.2. The summed E-state index contributed by atoms with van der Waals surface area (Å²) in [5.74, 6) is 2.13. The van der Waals surface area contributed by atoms with Gasteiger partial charge in [-0.2, -0.15) is 0 Å². The first-order valence-corrected chi connectivity index (χ1v) is 13.5. The monoisotopic (exact) mass is 579 g/mol. The first-order chi connectivity index (χ1) is 19.7. The minimum atomic E-state index is -0.441. The molecule has 3 aromatic carbocycles. The molecule has 0 aliphatic rings. The number of halogens is 1. The van der Waals surface area contributed by atoms with Crippen molar-refractivity contribution in [2.24, 2.45) is 5.92 Å². The number of imidazole rings is 1. The molecule has 0 bridgehead atoms. The van der Waals surface area contributed by atoms with Gasteiger partial charge in [-0.05, 0) is 48.6 Å². The fraction of sp³-hybridized carbons (Fsp3) is 0.333. The van der Waals surface area contributed by atoms with Crippen LogP contribution < -0.4 is 19.5 Å². The molecular formula is C30H32ClN4O6. The Morgan fingerprint density at radius 2 is 1.78 bits per heavy atom. The van der Waals surface area contributed by atoms with E-state index in [4.69, 9.17) is 30.8 Å². The predicted molar refractivity (Wildman–Crippen MR) is 156 cm³/mol. The van der Waals surface area contributed by atoms with Gasteiger partial charge in [0, 0.05) is 24.1 Å². The van der Waals surface area contributed by atoms with Gasteiger partial charge in [-0.3, -0.25) is 14.9 Å². The largest absolute Gasteiger partial charge is 0.496 e. The zero-order chi connectivity index (χ0) is 29.5. The fourth-order valence-electron chi connectivity index (χ4n) is 4.77. The quantitative estimate of drug-likeness (QED) is 0.141. The van der Waals surface area contributed by atoms with Crippen molar-refractivity contribution in [1.29, 1.82) is 0 Å². The molecule has 1 radical (unpaired) electrons. The number of benzene rings is 3. The highest BCUT2D eigenvalue weighted by atomic mass is 35.5. The molecule has 0 N–H and O–H groups in total. The molecule has 0 saturated carbocycles. The lowest BCUT2D eigenvalue weighted by Crippen LogP contribution is -2.19. The predicted octanol–water partition coefficient (Wildman–Crippen LogP) is 5.96. The first-order valence-electron chi connectivity index (χ1n) is 13.1. The summed E-state index contributed by atoms with van der Waals surface area (Å²) < 4.78 is 18.1. The van der Waals surface area contributed by atoms with Crippen LogP contribution >= 0.6 is 11.6 Å². The van der Waals surface area contributed by atoms with Gasteiger partial charge in [0.2, 0.25) is 5.91 Å². The van der Waals surface area contributed by atoms with Crippen molar-refractivity contribution >= 4 is 34.2 Å². The number of ether oxygens (including phenoxy) is 3. The number of nitrogens with zero attached hydrogens (tertiary/aromatic N) is 4. The second-order valence-corrected chi connectivity index (χ2v) is 10.1. The third kappa shape index (κ3) is 6.89. The van der Waals surface area contributed by atoms with Crippen LogP contribution in [0.25, 0.3) is 11.0 Å². The van der Waals surface area contributed by atoms with Crippen LogP contribution in [0.4, 0.5) is 5.69 Å². The SMILES string of the molecule is COc1ccc([N+](=O)[O-])cc1Cn1c(C[N]C(=O)CCC(C)Cc2ccc(OC)c(OC)c2Cl)nc2ccccc21. The number of para-hydroxylation sites is 2. The lowest BCUT2D eigenvalue weighted by atomic mass is 9.96. The van der Waals surface area contributed by atoms with E-state index >= 15 is 0 Å². The first kappa shape index (κ1) is 29.7. The highest BCUT2D eigenvalue weighted by molar-refractivity contribution is 6.33. The van der Waals surface area contributed by atoms with Crippen LogP contribution in [-0.2, 0) is 24.3 Å². The molecule has 0 saturated heterocycles. The molecule has 0 fully saturated rings. The number of nitro benzene ring substituents is 1. The molecule has 1 atom stereocenters. The van der Waals surface area contributed by atoms with Crippen molar-refractivity contribution < 1.29 is 23.9 Å². The lowest BCUT2D eigenvalue weighted by Gasteiger charge is -2.16. The average molecular weight is 580 g/mol. The smallest absolute Gasteiger partial charge is 0.270 e. The van der Waals surface area contributed by atoms with Gasteiger partial charge in [-0.15, -0.1) is 0 Å². The van der Waals surface area contributed by atoms with Crippen molar-refractivity contribution in [1.82, 2.24) is 14.9 Å². The van der Waals surface area contributed by atoms with E-state index in [-0.39, 0.29) is 37.0 Å². The Kier molecular flexibility index (Phi) is 9.67. The molecule has 215 valence electrons. The number of rotatable bonds is 13. The van der Waals surface area contributed by atoms with E-state index in [1.807, 2.05) is 41.0 Å². The lowest BCUT2D eigenvalue weighted by molar-refractivity contribution is -0.384. The molecule has 1 amide bonds. The third-order valence-corrected chi connectivity index (χ3v) is 7.33. The highest BCUT2D eigenvalue weighted by Crippen LogP contribution is 2.38. The maximum atomic E-state index is 12.8. The van der Waals surface area contributed by atoms with Crippen LogP contribution in [0.5, 0.6) is 17.2 Å². The number of non-ortho nitro benzene ring substituents is 1. The second kappa shape index (κ2) is 13.4. The van der Waals surface area contributed by atoms with Gasteiger partial charge < -0.3 is 18.8 Å². The van der Waals surface area contributed by atoms with E-state index in [0.717, 1.165) is 16.6 Å². The van der Waals surface area contributed by atoms with Crippen molar-refractivity contribution in [3.63, 3.8) is 0 Å². The van der Waals surface area contributed by atoms with Gasteiger partial charge in [-0.1, -0.05) is 36.7 Å². The fourth-order valence-corrected chi connectivity index (χ4v) is 5.08. The molecule has 1 unspecified atom stereocenters. The molecule has 1 aromatic heterocycles. The maximum absolute atomic E-state index is 12.8. The van der Waals surface area contributed by atoms with Gasteiger partial charge in [0.15, 0.2) is 11.5 Å². The summed E-state index contributed by atoms with van der Waals surface area (Å²) in [6, 6.07) is 15.8. The van der Waals surface area contributed by atoms with E-state index < -0.39 is 4.92 Å². The molecule has 4 rings (SSSR count). The third-order valence-electron chi connectivity index (χ3n) is 6.92. The summed E-state index contributed by atoms with van der Waals surface area (Å²) >= 11 is 6.53. The van der Waals surface area contributed by atoms with Crippen molar-refractivity contribution in [2.45, 2.75) is 39.3 Å². The topological polar surface area (TPSA) is 120 Å². The standard InChI is InChI=1S/C30H32ClN4O6/c1-19(15-20-10-12-26(40-3)30(41-4)29(20)31)9-14-28(36)32-17-27-33-23-7-5-6-8-24(23)34(27)18-21-16-22(35(37)38)11-13-25(21)39-2/h5-8,10-13,16,19H,9,14-15,17-18H2,1-4H3. The van der Waals surface area contributed by atoms with Crippen LogP contribution in [0.3, 0.4) is 0 Å². The average Bonchev–Trinajstić information content (AvgIpc) is 3.32. The Balaban J connectivity index is 1.43. The van der Waals surface area contributed by atoms with Gasteiger partial charge in [0.05, 0.1) is 48.9 Å². The number of fused-ring (bicyclic) bond motifs is 1. The Labute approximate surface area is 243 Å². The highest BCUT2D eigenvalue weighted by Gasteiger charge is 2.19. The zero-order valence-corrected chi connectivity index (χ0v) is 24.2. The second-order valence-electron chi connectivity index (χ2n) is 9.69. The number of carbonyl (C=O) groups is 1. The Bertz CT molecular complexity index is 1550. The molecular weight excluding hydrogens is 548 g/mol. The Morgan fingerprint density at radius 3 is 2.49 bits per heavy atom. The van der Waals surface area contributed by atoms with Gasteiger partial charge in [0.1, 0.15) is 18.1 Å². The van der Waals surface area contributed by atoms with E-state index in [1.165, 1.54) is 19.2 Å². The number of hydrogen-bond acceptors (Lipinski definition) is 7. The van der Waals surface area contributed by atoms with E-state index in [2.05, 4.69) is 12.2 Å². The molecule has 0 spiro atoms. The van der Waals surface area contributed by atoms with Gasteiger partial charge in [-0.25, -0.2) is 10.3 Å². The molecule has 0 aliphatic carbocycles. The van der Waals surface area contributed by atoms with Crippen LogP contribution in [0.1, 0.15) is 36.7 Å². The summed E-state index contributed by atoms with van der Waals surface area (Å²) in [6.07, 6.45) is 1.59. The number of nitro groups is 1. The molecule has 1 heterocycles. The van der Waals surface area contributed by atoms with E-state index in [0.29, 0.717) is 46.5 Å². The van der Waals surface area contributed by atoms with Gasteiger partial charge >= 0.3 is 0 Å². The number of aromatic nitrogens is 2. The molecule has 41 heavy (non-hydrogen) atoms. The van der Waals surface area contributed by atoms with Crippen LogP contribution in [0.15, 0.2) is 54.6 Å². The molecule has 11 heteroatoms. The van der Waals surface area contributed by atoms with Crippen molar-refractivity contribution in [3.8, 4) is 17.2 Å². The van der Waals surface area contributed by atoms with E-state index in [1.54, 1.807) is 20.3 Å². The van der Waals surface area contributed by atoms with Crippen LogP contribution in [0, 0.1) is 16.0 Å². The molecule has 10 nitrogen and oxygen atoms in total. The maximum Gasteiger partial charge on any atom is 0.270 e.